The third-order valence-electron chi connectivity index (χ3n) is 4.25. The molecule has 0 aromatic rings. The van der Waals surface area contributed by atoms with E-state index in [1.54, 1.807) is 0 Å². The van der Waals surface area contributed by atoms with Crippen LogP contribution in [0.1, 0.15) is 52.4 Å². The van der Waals surface area contributed by atoms with Crippen LogP contribution in [-0.4, -0.2) is 0 Å². The Hall–Kier alpha value is -0.260. The average Bonchev–Trinajstić information content (AvgIpc) is 2.72. The Balaban J connectivity index is 2.05. The van der Waals surface area contributed by atoms with E-state index in [1.807, 2.05) is 0 Å². The molecular weight excluding hydrogens is 156 g/mol. The molecule has 2 aliphatic rings. The summed E-state index contributed by atoms with van der Waals surface area (Å²) < 4.78 is 0. The highest BCUT2D eigenvalue weighted by Gasteiger charge is 2.47. The molecule has 0 radical (unpaired) electrons. The van der Waals surface area contributed by atoms with Crippen LogP contribution in [0, 0.1) is 17.3 Å². The van der Waals surface area contributed by atoms with E-state index in [4.69, 9.17) is 0 Å². The smallest absolute Gasteiger partial charge is 0.0113 e. The maximum Gasteiger partial charge on any atom is -0.0113 e. The van der Waals surface area contributed by atoms with Crippen LogP contribution in [0.3, 0.4) is 0 Å². The van der Waals surface area contributed by atoms with Crippen molar-refractivity contribution >= 4 is 0 Å². The predicted molar refractivity (Wildman–Crippen MR) is 57.6 cm³/mol. The minimum atomic E-state index is 0.654. The van der Waals surface area contributed by atoms with Gasteiger partial charge in [-0.25, -0.2) is 0 Å². The van der Waals surface area contributed by atoms with Gasteiger partial charge in [0.05, 0.1) is 0 Å². The normalized spacial score (nSPS) is 43.5. The van der Waals surface area contributed by atoms with Gasteiger partial charge in [-0.05, 0) is 49.4 Å². The van der Waals surface area contributed by atoms with Crippen LogP contribution >= 0.6 is 0 Å². The average molecular weight is 178 g/mol. The molecule has 74 valence electrons. The summed E-state index contributed by atoms with van der Waals surface area (Å²) in [6.07, 6.45) is 13.5. The maximum atomic E-state index is 2.54. The van der Waals surface area contributed by atoms with Gasteiger partial charge in [0.25, 0.3) is 0 Å². The van der Waals surface area contributed by atoms with Crippen molar-refractivity contribution in [3.8, 4) is 0 Å². The lowest BCUT2D eigenvalue weighted by atomic mass is 9.79. The van der Waals surface area contributed by atoms with Crippen LogP contribution in [0.5, 0.6) is 0 Å². The van der Waals surface area contributed by atoms with Crippen molar-refractivity contribution in [2.45, 2.75) is 52.4 Å². The summed E-state index contributed by atoms with van der Waals surface area (Å²) in [5.41, 5.74) is 0.654. The second-order valence-corrected chi connectivity index (χ2v) is 5.05. The van der Waals surface area contributed by atoms with Gasteiger partial charge in [-0.1, -0.05) is 32.4 Å². The molecule has 0 aliphatic heterocycles. The molecule has 2 saturated carbocycles. The summed E-state index contributed by atoms with van der Waals surface area (Å²) >= 11 is 0. The van der Waals surface area contributed by atoms with Crippen molar-refractivity contribution < 1.29 is 0 Å². The number of fused-ring (bicyclic) bond motifs is 2. The van der Waals surface area contributed by atoms with Gasteiger partial charge in [0.15, 0.2) is 0 Å². The van der Waals surface area contributed by atoms with E-state index in [0.29, 0.717) is 5.41 Å². The summed E-state index contributed by atoms with van der Waals surface area (Å²) in [7, 11) is 0. The molecule has 13 heavy (non-hydrogen) atoms. The molecule has 0 saturated heterocycles. The van der Waals surface area contributed by atoms with Crippen LogP contribution in [0.15, 0.2) is 12.2 Å². The third-order valence-corrected chi connectivity index (χ3v) is 4.25. The SMILES string of the molecule is CCC=CC12CCC(C1)C(CC)C2. The van der Waals surface area contributed by atoms with E-state index < -0.39 is 0 Å². The van der Waals surface area contributed by atoms with Gasteiger partial charge in [0.2, 0.25) is 0 Å². The highest BCUT2D eigenvalue weighted by Crippen LogP contribution is 2.58. The fourth-order valence-corrected chi connectivity index (χ4v) is 3.54. The molecule has 0 aromatic heterocycles. The topological polar surface area (TPSA) is 0 Å². The lowest BCUT2D eigenvalue weighted by Crippen LogP contribution is -2.15. The van der Waals surface area contributed by atoms with Crippen LogP contribution < -0.4 is 0 Å². The molecule has 0 nitrogen and oxygen atoms in total. The van der Waals surface area contributed by atoms with E-state index in [2.05, 4.69) is 26.0 Å². The fraction of sp³-hybridized carbons (Fsp3) is 0.846. The van der Waals surface area contributed by atoms with Crippen molar-refractivity contribution in [2.75, 3.05) is 0 Å². The molecular formula is C13H22. The Kier molecular flexibility index (Phi) is 2.49. The monoisotopic (exact) mass is 178 g/mol. The van der Waals surface area contributed by atoms with Crippen molar-refractivity contribution in [1.29, 1.82) is 0 Å². The van der Waals surface area contributed by atoms with Crippen LogP contribution in [0.4, 0.5) is 0 Å². The first-order valence-corrected chi connectivity index (χ1v) is 5.97. The van der Waals surface area contributed by atoms with Gasteiger partial charge in [-0.2, -0.15) is 0 Å². The van der Waals surface area contributed by atoms with Crippen LogP contribution in [0.25, 0.3) is 0 Å². The van der Waals surface area contributed by atoms with Gasteiger partial charge in [0, 0.05) is 0 Å². The lowest BCUT2D eigenvalue weighted by Gasteiger charge is -2.26. The minimum Gasteiger partial charge on any atom is -0.0883 e. The Bertz CT molecular complexity index is 204. The molecule has 3 unspecified atom stereocenters. The zero-order chi connectivity index (χ0) is 9.31. The lowest BCUT2D eigenvalue weighted by molar-refractivity contribution is 0.287. The molecule has 0 amide bonds. The van der Waals surface area contributed by atoms with Crippen LogP contribution in [0.2, 0.25) is 0 Å². The molecule has 0 N–H and O–H groups in total. The quantitative estimate of drug-likeness (QED) is 0.569. The summed E-state index contributed by atoms with van der Waals surface area (Å²) in [6.45, 7) is 4.61. The van der Waals surface area contributed by atoms with Crippen molar-refractivity contribution in [3.63, 3.8) is 0 Å². The largest absolute Gasteiger partial charge is 0.0883 e. The van der Waals surface area contributed by atoms with Crippen molar-refractivity contribution in [2.24, 2.45) is 17.3 Å². The molecule has 2 aliphatic carbocycles. The molecule has 2 bridgehead atoms. The van der Waals surface area contributed by atoms with Gasteiger partial charge >= 0.3 is 0 Å². The highest BCUT2D eigenvalue weighted by atomic mass is 14.5. The first kappa shape index (κ1) is 9.30. The Labute approximate surface area is 82.4 Å². The first-order chi connectivity index (χ1) is 6.29. The molecule has 0 heteroatoms. The number of rotatable bonds is 3. The molecule has 2 rings (SSSR count). The van der Waals surface area contributed by atoms with Gasteiger partial charge in [-0.15, -0.1) is 0 Å². The summed E-state index contributed by atoms with van der Waals surface area (Å²) in [4.78, 5) is 0. The molecule has 0 heterocycles. The predicted octanol–water partition coefficient (Wildman–Crippen LogP) is 4.17. The van der Waals surface area contributed by atoms with Crippen LogP contribution in [-0.2, 0) is 0 Å². The zero-order valence-electron chi connectivity index (χ0n) is 9.05. The van der Waals surface area contributed by atoms with E-state index in [-0.39, 0.29) is 0 Å². The highest BCUT2D eigenvalue weighted by molar-refractivity contribution is 5.10. The standard InChI is InChI=1S/C13H22/c1-3-5-7-13-8-6-12(10-13)11(4-2)9-13/h5,7,11-12H,3-4,6,8-10H2,1-2H3. The van der Waals surface area contributed by atoms with Crippen molar-refractivity contribution in [3.05, 3.63) is 12.2 Å². The van der Waals surface area contributed by atoms with E-state index >= 15 is 0 Å². The number of allylic oxidation sites excluding steroid dienone is 2. The first-order valence-electron chi connectivity index (χ1n) is 5.97. The minimum absolute atomic E-state index is 0.654. The van der Waals surface area contributed by atoms with Crippen molar-refractivity contribution in [1.82, 2.24) is 0 Å². The van der Waals surface area contributed by atoms with E-state index in [9.17, 15) is 0 Å². The molecule has 3 atom stereocenters. The Morgan fingerprint density at radius 2 is 2.15 bits per heavy atom. The number of hydrogen-bond acceptors (Lipinski definition) is 0. The molecule has 0 spiro atoms. The second-order valence-electron chi connectivity index (χ2n) is 5.05. The summed E-state index contributed by atoms with van der Waals surface area (Å²) in [5.74, 6) is 2.13. The van der Waals surface area contributed by atoms with E-state index in [1.165, 1.54) is 38.5 Å². The molecule has 2 fully saturated rings. The Morgan fingerprint density at radius 1 is 1.31 bits per heavy atom. The maximum absolute atomic E-state index is 2.54. The van der Waals surface area contributed by atoms with Gasteiger partial charge in [-0.3, -0.25) is 0 Å². The second kappa shape index (κ2) is 3.48. The van der Waals surface area contributed by atoms with E-state index in [0.717, 1.165) is 11.8 Å². The summed E-state index contributed by atoms with van der Waals surface area (Å²) in [6, 6.07) is 0. The zero-order valence-corrected chi connectivity index (χ0v) is 9.05. The summed E-state index contributed by atoms with van der Waals surface area (Å²) in [5, 5.41) is 0. The third kappa shape index (κ3) is 1.56. The van der Waals surface area contributed by atoms with Gasteiger partial charge in [0.1, 0.15) is 0 Å². The number of hydrogen-bond donors (Lipinski definition) is 0. The molecule has 0 aromatic carbocycles. The fourth-order valence-electron chi connectivity index (χ4n) is 3.54. The van der Waals surface area contributed by atoms with Gasteiger partial charge < -0.3 is 0 Å². The Morgan fingerprint density at radius 3 is 2.77 bits per heavy atom.